The van der Waals surface area contributed by atoms with Crippen LogP contribution in [0.4, 0.5) is 0 Å². The van der Waals surface area contributed by atoms with Crippen LogP contribution in [0, 0.1) is 0 Å². The zero-order chi connectivity index (χ0) is 34.2. The molecule has 4 heteroatoms. The van der Waals surface area contributed by atoms with Gasteiger partial charge in [-0.05, 0) is 57.8 Å². The van der Waals surface area contributed by atoms with E-state index in [1.54, 1.807) is 0 Å². The van der Waals surface area contributed by atoms with Gasteiger partial charge in [-0.15, -0.1) is 0 Å². The van der Waals surface area contributed by atoms with Gasteiger partial charge >= 0.3 is 0 Å². The molecule has 0 aliphatic rings. The van der Waals surface area contributed by atoms with Gasteiger partial charge in [0.1, 0.15) is 11.2 Å². The Kier molecular flexibility index (Phi) is 6.22. The van der Waals surface area contributed by atoms with Crippen LogP contribution >= 0.6 is 0 Å². The van der Waals surface area contributed by atoms with Crippen LogP contribution in [0.5, 0.6) is 0 Å². The van der Waals surface area contributed by atoms with Crippen LogP contribution in [0.3, 0.4) is 0 Å². The third-order valence-electron chi connectivity index (χ3n) is 10.4. The molecule has 0 unspecified atom stereocenters. The normalized spacial score (nSPS) is 11.8. The number of rotatable bonds is 4. The van der Waals surface area contributed by atoms with Crippen molar-refractivity contribution in [3.05, 3.63) is 176 Å². The molecule has 3 heterocycles. The van der Waals surface area contributed by atoms with E-state index in [1.807, 2.05) is 24.3 Å². The molecular weight excluding hydrogens is 635 g/mol. The van der Waals surface area contributed by atoms with Gasteiger partial charge in [-0.1, -0.05) is 146 Å². The number of furan rings is 1. The molecule has 0 saturated carbocycles. The lowest BCUT2D eigenvalue weighted by atomic mass is 9.99. The maximum absolute atomic E-state index is 6.49. The van der Waals surface area contributed by atoms with Crippen LogP contribution < -0.4 is 0 Å². The highest BCUT2D eigenvalue weighted by atomic mass is 16.3. The van der Waals surface area contributed by atoms with Crippen molar-refractivity contribution in [1.29, 1.82) is 0 Å². The average molecular weight is 664 g/mol. The molecule has 0 saturated heterocycles. The van der Waals surface area contributed by atoms with Crippen LogP contribution in [0.15, 0.2) is 180 Å². The largest absolute Gasteiger partial charge is 0.455 e. The minimum atomic E-state index is 0.642. The van der Waals surface area contributed by atoms with E-state index < -0.39 is 0 Å². The van der Waals surface area contributed by atoms with Crippen molar-refractivity contribution in [1.82, 2.24) is 14.5 Å². The molecule has 0 bridgehead atoms. The van der Waals surface area contributed by atoms with Gasteiger partial charge in [0.15, 0.2) is 0 Å². The van der Waals surface area contributed by atoms with Gasteiger partial charge in [0.25, 0.3) is 0 Å². The van der Waals surface area contributed by atoms with E-state index in [2.05, 4.69) is 156 Å². The fraction of sp³-hybridized carbons (Fsp3) is 0. The van der Waals surface area contributed by atoms with Crippen LogP contribution in [-0.4, -0.2) is 14.5 Å². The summed E-state index contributed by atoms with van der Waals surface area (Å²) in [6.07, 6.45) is 0. The monoisotopic (exact) mass is 663 g/mol. The Labute approximate surface area is 298 Å². The van der Waals surface area contributed by atoms with Gasteiger partial charge in [0.2, 0.25) is 5.95 Å². The Morgan fingerprint density at radius 3 is 1.98 bits per heavy atom. The minimum absolute atomic E-state index is 0.642. The molecule has 52 heavy (non-hydrogen) atoms. The fourth-order valence-electron chi connectivity index (χ4n) is 7.98. The van der Waals surface area contributed by atoms with Crippen molar-refractivity contribution < 1.29 is 4.42 Å². The van der Waals surface area contributed by atoms with E-state index in [9.17, 15) is 0 Å². The molecule has 0 fully saturated rings. The van der Waals surface area contributed by atoms with E-state index in [4.69, 9.17) is 14.4 Å². The summed E-state index contributed by atoms with van der Waals surface area (Å²) in [7, 11) is 0. The standard InChI is InChI=1S/C48H29N3O/c1-2-11-30(12-3-1)31-21-23-33(24-22-31)46-39-16-6-8-19-41(39)49-48(50-46)51-42-27-26-34(29-40(42)45-35-14-5-4-13-32(35)25-28-43(45)51)36-17-10-18-38-37-15-7-9-20-44(37)52-47(36)38/h1-29H. The van der Waals surface area contributed by atoms with Gasteiger partial charge in [0.05, 0.1) is 22.2 Å². The molecular formula is C48H29N3O. The summed E-state index contributed by atoms with van der Waals surface area (Å²) >= 11 is 0. The molecule has 3 aromatic heterocycles. The Bertz CT molecular complexity index is 3170. The van der Waals surface area contributed by atoms with Crippen molar-refractivity contribution in [3.63, 3.8) is 0 Å². The molecule has 0 radical (unpaired) electrons. The first-order valence-corrected chi connectivity index (χ1v) is 17.6. The number of hydrogen-bond donors (Lipinski definition) is 0. The van der Waals surface area contributed by atoms with E-state index in [1.165, 1.54) is 27.3 Å². The zero-order valence-corrected chi connectivity index (χ0v) is 28.0. The summed E-state index contributed by atoms with van der Waals surface area (Å²) in [4.78, 5) is 10.6. The van der Waals surface area contributed by atoms with Crippen molar-refractivity contribution in [2.75, 3.05) is 0 Å². The Balaban J connectivity index is 1.17. The van der Waals surface area contributed by atoms with Gasteiger partial charge in [-0.25, -0.2) is 9.97 Å². The highest BCUT2D eigenvalue weighted by Gasteiger charge is 2.20. The number of nitrogens with zero attached hydrogens (tertiary/aromatic N) is 3. The van der Waals surface area contributed by atoms with Crippen molar-refractivity contribution >= 4 is 65.4 Å². The predicted molar refractivity (Wildman–Crippen MR) is 215 cm³/mol. The highest BCUT2D eigenvalue weighted by molar-refractivity contribution is 6.22. The second kappa shape index (κ2) is 11.2. The molecule has 0 aliphatic heterocycles. The van der Waals surface area contributed by atoms with Gasteiger partial charge < -0.3 is 4.42 Å². The third-order valence-corrected chi connectivity index (χ3v) is 10.4. The van der Waals surface area contributed by atoms with Gasteiger partial charge in [-0.3, -0.25) is 4.57 Å². The first kappa shape index (κ1) is 28.8. The molecule has 0 amide bonds. The van der Waals surface area contributed by atoms with E-state index >= 15 is 0 Å². The lowest BCUT2D eigenvalue weighted by Gasteiger charge is -2.12. The summed E-state index contributed by atoms with van der Waals surface area (Å²) in [6.45, 7) is 0. The summed E-state index contributed by atoms with van der Waals surface area (Å²) in [5, 5.41) is 7.97. The van der Waals surface area contributed by atoms with E-state index in [0.29, 0.717) is 5.95 Å². The van der Waals surface area contributed by atoms with Crippen LogP contribution in [-0.2, 0) is 0 Å². The molecule has 11 rings (SSSR count). The fourth-order valence-corrected chi connectivity index (χ4v) is 7.98. The molecule has 11 aromatic rings. The molecule has 0 spiro atoms. The maximum Gasteiger partial charge on any atom is 0.235 e. The second-order valence-corrected chi connectivity index (χ2v) is 13.4. The first-order chi connectivity index (χ1) is 25.8. The van der Waals surface area contributed by atoms with Gasteiger partial charge in [0, 0.05) is 38.1 Å². The highest BCUT2D eigenvalue weighted by Crippen LogP contribution is 2.41. The summed E-state index contributed by atoms with van der Waals surface area (Å²) in [6, 6.07) is 61.9. The SMILES string of the molecule is c1ccc(-c2ccc(-c3nc(-n4c5ccc(-c6cccc7c6oc6ccccc67)cc5c5c6ccccc6ccc54)nc4ccccc34)cc2)cc1. The number of para-hydroxylation sites is 3. The minimum Gasteiger partial charge on any atom is -0.455 e. The van der Waals surface area contributed by atoms with Crippen molar-refractivity contribution in [3.8, 4) is 39.5 Å². The molecule has 0 atom stereocenters. The summed E-state index contributed by atoms with van der Waals surface area (Å²) in [5.41, 5.74) is 11.3. The number of fused-ring (bicyclic) bond motifs is 9. The second-order valence-electron chi connectivity index (χ2n) is 13.4. The van der Waals surface area contributed by atoms with E-state index in [0.717, 1.165) is 71.6 Å². The summed E-state index contributed by atoms with van der Waals surface area (Å²) < 4.78 is 8.72. The van der Waals surface area contributed by atoms with Crippen LogP contribution in [0.1, 0.15) is 0 Å². The summed E-state index contributed by atoms with van der Waals surface area (Å²) in [5.74, 6) is 0.642. The lowest BCUT2D eigenvalue weighted by molar-refractivity contribution is 0.670. The topological polar surface area (TPSA) is 43.9 Å². The smallest absolute Gasteiger partial charge is 0.235 e. The Hall–Kier alpha value is -7.04. The van der Waals surface area contributed by atoms with Gasteiger partial charge in [-0.2, -0.15) is 0 Å². The van der Waals surface area contributed by atoms with Crippen molar-refractivity contribution in [2.24, 2.45) is 0 Å². The Morgan fingerprint density at radius 1 is 0.423 bits per heavy atom. The zero-order valence-electron chi connectivity index (χ0n) is 28.0. The van der Waals surface area contributed by atoms with E-state index in [-0.39, 0.29) is 0 Å². The molecule has 0 N–H and O–H groups in total. The maximum atomic E-state index is 6.49. The average Bonchev–Trinajstić information content (AvgIpc) is 3.77. The quantitative estimate of drug-likeness (QED) is 0.188. The Morgan fingerprint density at radius 2 is 1.10 bits per heavy atom. The lowest BCUT2D eigenvalue weighted by Crippen LogP contribution is -2.03. The van der Waals surface area contributed by atoms with Crippen LogP contribution in [0.25, 0.3) is 105 Å². The first-order valence-electron chi connectivity index (χ1n) is 17.6. The molecule has 8 aromatic carbocycles. The third kappa shape index (κ3) is 4.34. The number of benzene rings is 8. The van der Waals surface area contributed by atoms with Crippen molar-refractivity contribution in [2.45, 2.75) is 0 Å². The molecule has 0 aliphatic carbocycles. The number of hydrogen-bond acceptors (Lipinski definition) is 3. The molecule has 242 valence electrons. The van der Waals surface area contributed by atoms with Crippen LogP contribution in [0.2, 0.25) is 0 Å². The predicted octanol–water partition coefficient (Wildman–Crippen LogP) is 12.8. The molecule has 4 nitrogen and oxygen atoms in total. The number of aromatic nitrogens is 3.